The number of alkyl halides is 2. The van der Waals surface area contributed by atoms with E-state index in [2.05, 4.69) is 12.1 Å². The Morgan fingerprint density at radius 1 is 1.31 bits per heavy atom. The van der Waals surface area contributed by atoms with Gasteiger partial charge in [0.1, 0.15) is 0 Å². The van der Waals surface area contributed by atoms with Gasteiger partial charge in [-0.2, -0.15) is 0 Å². The second kappa shape index (κ2) is 5.07. The normalized spacial score (nSPS) is 20.4. The van der Waals surface area contributed by atoms with E-state index in [9.17, 15) is 4.79 Å². The molecule has 1 aliphatic rings. The van der Waals surface area contributed by atoms with Crippen molar-refractivity contribution in [1.29, 1.82) is 0 Å². The summed E-state index contributed by atoms with van der Waals surface area (Å²) >= 11 is 11.2. The lowest BCUT2D eigenvalue weighted by Crippen LogP contribution is -2.32. The van der Waals surface area contributed by atoms with Gasteiger partial charge in [0, 0.05) is 19.0 Å². The highest BCUT2D eigenvalue weighted by Gasteiger charge is 2.29. The number of hydrogen-bond acceptors (Lipinski definition) is 1. The molecule has 0 radical (unpaired) electrons. The molecule has 1 saturated heterocycles. The Hall–Kier alpha value is -0.730. The summed E-state index contributed by atoms with van der Waals surface area (Å²) < 4.78 is 0. The van der Waals surface area contributed by atoms with E-state index in [-0.39, 0.29) is 5.91 Å². The van der Waals surface area contributed by atoms with Gasteiger partial charge in [-0.15, -0.1) is 0 Å². The van der Waals surface area contributed by atoms with Crippen molar-refractivity contribution in [2.24, 2.45) is 0 Å². The topological polar surface area (TPSA) is 20.3 Å². The zero-order chi connectivity index (χ0) is 11.5. The van der Waals surface area contributed by atoms with Crippen molar-refractivity contribution >= 4 is 29.1 Å². The lowest BCUT2D eigenvalue weighted by atomic mass is 9.99. The number of hydrogen-bond donors (Lipinski definition) is 0. The highest BCUT2D eigenvalue weighted by molar-refractivity contribution is 6.53. The van der Waals surface area contributed by atoms with Gasteiger partial charge in [0.25, 0.3) is 5.91 Å². The van der Waals surface area contributed by atoms with Crippen molar-refractivity contribution in [3.8, 4) is 0 Å². The Morgan fingerprint density at radius 3 is 2.62 bits per heavy atom. The van der Waals surface area contributed by atoms with Crippen LogP contribution in [0, 0.1) is 0 Å². The van der Waals surface area contributed by atoms with E-state index in [4.69, 9.17) is 23.2 Å². The predicted octanol–water partition coefficient (Wildman–Crippen LogP) is 2.81. The van der Waals surface area contributed by atoms with Gasteiger partial charge < -0.3 is 4.90 Å². The molecule has 0 saturated carbocycles. The number of likely N-dealkylation sites (tertiary alicyclic amines) is 1. The zero-order valence-corrected chi connectivity index (χ0v) is 10.3. The number of rotatable bonds is 2. The molecule has 1 aromatic rings. The van der Waals surface area contributed by atoms with E-state index in [1.807, 2.05) is 18.2 Å². The van der Waals surface area contributed by atoms with Crippen LogP contribution in [0.2, 0.25) is 0 Å². The molecule has 0 aromatic heterocycles. The van der Waals surface area contributed by atoms with E-state index >= 15 is 0 Å². The third-order valence-electron chi connectivity index (χ3n) is 2.96. The van der Waals surface area contributed by atoms with Crippen LogP contribution in [-0.4, -0.2) is 28.7 Å². The quantitative estimate of drug-likeness (QED) is 0.747. The van der Waals surface area contributed by atoms with E-state index in [0.717, 1.165) is 19.5 Å². The summed E-state index contributed by atoms with van der Waals surface area (Å²) in [5.41, 5.74) is 1.28. The molecule has 1 aliphatic heterocycles. The molecule has 1 amide bonds. The van der Waals surface area contributed by atoms with Crippen LogP contribution in [0.1, 0.15) is 17.9 Å². The fraction of sp³-hybridized carbons (Fsp3) is 0.417. The number of nitrogens with zero attached hydrogens (tertiary/aromatic N) is 1. The Labute approximate surface area is 105 Å². The molecule has 0 aliphatic carbocycles. The molecule has 0 bridgehead atoms. The fourth-order valence-electron chi connectivity index (χ4n) is 2.10. The Bertz CT molecular complexity index is 367. The Morgan fingerprint density at radius 2 is 2.00 bits per heavy atom. The zero-order valence-electron chi connectivity index (χ0n) is 8.77. The average molecular weight is 258 g/mol. The molecule has 2 rings (SSSR count). The third-order valence-corrected chi connectivity index (χ3v) is 3.33. The van der Waals surface area contributed by atoms with E-state index in [1.54, 1.807) is 4.90 Å². The van der Waals surface area contributed by atoms with Crippen LogP contribution in [-0.2, 0) is 4.79 Å². The number of halogens is 2. The second-order valence-electron chi connectivity index (χ2n) is 3.98. The first-order chi connectivity index (χ1) is 7.68. The van der Waals surface area contributed by atoms with Crippen molar-refractivity contribution in [3.05, 3.63) is 35.9 Å². The van der Waals surface area contributed by atoms with Crippen LogP contribution < -0.4 is 0 Å². The highest BCUT2D eigenvalue weighted by atomic mass is 35.5. The maximum absolute atomic E-state index is 11.6. The molecule has 4 heteroatoms. The lowest BCUT2D eigenvalue weighted by Gasteiger charge is -2.17. The summed E-state index contributed by atoms with van der Waals surface area (Å²) in [6.45, 7) is 1.47. The van der Waals surface area contributed by atoms with Crippen LogP contribution in [0.3, 0.4) is 0 Å². The largest absolute Gasteiger partial charge is 0.340 e. The smallest absolute Gasteiger partial charge is 0.255 e. The van der Waals surface area contributed by atoms with Crippen LogP contribution in [0.25, 0.3) is 0 Å². The van der Waals surface area contributed by atoms with Crippen LogP contribution in [0.4, 0.5) is 0 Å². The van der Waals surface area contributed by atoms with Gasteiger partial charge in [0.2, 0.25) is 0 Å². The molecular weight excluding hydrogens is 245 g/mol. The molecule has 1 atom stereocenters. The summed E-state index contributed by atoms with van der Waals surface area (Å²) in [6, 6.07) is 10.2. The number of benzene rings is 1. The van der Waals surface area contributed by atoms with Gasteiger partial charge >= 0.3 is 0 Å². The average Bonchev–Trinajstić information content (AvgIpc) is 2.78. The molecule has 2 nitrogen and oxygen atoms in total. The summed E-state index contributed by atoms with van der Waals surface area (Å²) in [5.74, 6) is 0.235. The van der Waals surface area contributed by atoms with Gasteiger partial charge in [0.05, 0.1) is 0 Å². The summed E-state index contributed by atoms with van der Waals surface area (Å²) in [5, 5.41) is 0. The Balaban J connectivity index is 2.01. The van der Waals surface area contributed by atoms with Crippen molar-refractivity contribution in [2.45, 2.75) is 17.2 Å². The van der Waals surface area contributed by atoms with Crippen molar-refractivity contribution < 1.29 is 4.79 Å². The number of carbonyl (C=O) groups excluding carboxylic acids is 1. The highest BCUT2D eigenvalue weighted by Crippen LogP contribution is 2.27. The van der Waals surface area contributed by atoms with Crippen molar-refractivity contribution in [3.63, 3.8) is 0 Å². The van der Waals surface area contributed by atoms with Crippen LogP contribution in [0.5, 0.6) is 0 Å². The second-order valence-corrected chi connectivity index (χ2v) is 5.08. The maximum atomic E-state index is 11.6. The van der Waals surface area contributed by atoms with Gasteiger partial charge in [-0.05, 0) is 12.0 Å². The molecule has 16 heavy (non-hydrogen) atoms. The molecule has 0 N–H and O–H groups in total. The Kier molecular flexibility index (Phi) is 3.72. The monoisotopic (exact) mass is 257 g/mol. The number of carbonyl (C=O) groups is 1. The lowest BCUT2D eigenvalue weighted by molar-refractivity contribution is -0.128. The maximum Gasteiger partial charge on any atom is 0.255 e. The fourth-order valence-corrected chi connectivity index (χ4v) is 2.37. The minimum atomic E-state index is -0.936. The standard InChI is InChI=1S/C12H13Cl2NO/c13-11(14)12(16)15-7-6-10(8-15)9-4-2-1-3-5-9/h1-5,10-11H,6-8H2/t10-/m1/s1. The van der Waals surface area contributed by atoms with Crippen molar-refractivity contribution in [1.82, 2.24) is 4.90 Å². The first kappa shape index (κ1) is 11.7. The van der Waals surface area contributed by atoms with Crippen molar-refractivity contribution in [2.75, 3.05) is 13.1 Å². The van der Waals surface area contributed by atoms with E-state index in [0.29, 0.717) is 5.92 Å². The van der Waals surface area contributed by atoms with Gasteiger partial charge in [0.15, 0.2) is 4.84 Å². The summed E-state index contributed by atoms with van der Waals surface area (Å²) in [4.78, 5) is 12.4. The third kappa shape index (κ3) is 2.50. The SMILES string of the molecule is O=C(C(Cl)Cl)N1CC[C@@H](c2ccccc2)C1. The van der Waals surface area contributed by atoms with Crippen LogP contribution >= 0.6 is 23.2 Å². The molecular formula is C12H13Cl2NO. The first-order valence-electron chi connectivity index (χ1n) is 5.30. The molecule has 1 aromatic carbocycles. The minimum Gasteiger partial charge on any atom is -0.340 e. The molecule has 0 spiro atoms. The van der Waals surface area contributed by atoms with Crippen LogP contribution in [0.15, 0.2) is 30.3 Å². The number of amides is 1. The van der Waals surface area contributed by atoms with E-state index in [1.165, 1.54) is 5.56 Å². The summed E-state index contributed by atoms with van der Waals surface area (Å²) in [7, 11) is 0. The molecule has 86 valence electrons. The van der Waals surface area contributed by atoms with Gasteiger partial charge in [-0.3, -0.25) is 4.79 Å². The molecule has 0 unspecified atom stereocenters. The first-order valence-corrected chi connectivity index (χ1v) is 6.17. The molecule has 1 fully saturated rings. The van der Waals surface area contributed by atoms with Gasteiger partial charge in [-0.1, -0.05) is 53.5 Å². The predicted molar refractivity (Wildman–Crippen MR) is 65.9 cm³/mol. The van der Waals surface area contributed by atoms with E-state index < -0.39 is 4.84 Å². The van der Waals surface area contributed by atoms with Gasteiger partial charge in [-0.25, -0.2) is 0 Å². The summed E-state index contributed by atoms with van der Waals surface area (Å²) in [6.07, 6.45) is 0.982. The molecule has 1 heterocycles. The minimum absolute atomic E-state index is 0.179.